The average molecular weight is 459 g/mol. The standard InChI is InChI=1S/C17H16BrFN2O3S2/c18-15-5-7-17(25-15)26(23,24)21-10-8-20(9-11-21)16(22)6-4-13-2-1-3-14(19)12-13/h1-7,12H,8-11H2/b6-4+. The predicted octanol–water partition coefficient (Wildman–Crippen LogP) is 3.20. The van der Waals surface area contributed by atoms with Crippen molar-refractivity contribution in [2.24, 2.45) is 0 Å². The van der Waals surface area contributed by atoms with E-state index in [-0.39, 0.29) is 29.0 Å². The summed E-state index contributed by atoms with van der Waals surface area (Å²) < 4.78 is 40.8. The molecule has 1 aromatic heterocycles. The maximum Gasteiger partial charge on any atom is 0.252 e. The maximum atomic E-state index is 13.1. The molecule has 1 fully saturated rings. The topological polar surface area (TPSA) is 57.7 Å². The van der Waals surface area contributed by atoms with E-state index in [2.05, 4.69) is 15.9 Å². The van der Waals surface area contributed by atoms with E-state index in [9.17, 15) is 17.6 Å². The molecule has 0 aliphatic carbocycles. The number of sulfonamides is 1. The number of nitrogens with zero attached hydrogens (tertiary/aromatic N) is 2. The van der Waals surface area contributed by atoms with Crippen molar-refractivity contribution in [3.05, 3.63) is 57.6 Å². The molecule has 0 N–H and O–H groups in total. The van der Waals surface area contributed by atoms with Crippen LogP contribution in [0.3, 0.4) is 0 Å². The van der Waals surface area contributed by atoms with Gasteiger partial charge in [-0.25, -0.2) is 12.8 Å². The summed E-state index contributed by atoms with van der Waals surface area (Å²) in [7, 11) is -3.53. The molecule has 0 atom stereocenters. The Morgan fingerprint density at radius 2 is 1.88 bits per heavy atom. The highest BCUT2D eigenvalue weighted by molar-refractivity contribution is 9.11. The van der Waals surface area contributed by atoms with Crippen LogP contribution >= 0.6 is 27.3 Å². The molecule has 9 heteroatoms. The smallest absolute Gasteiger partial charge is 0.252 e. The van der Waals surface area contributed by atoms with Crippen LogP contribution in [0.5, 0.6) is 0 Å². The Balaban J connectivity index is 1.60. The Morgan fingerprint density at radius 1 is 1.15 bits per heavy atom. The van der Waals surface area contributed by atoms with Gasteiger partial charge in [-0.2, -0.15) is 4.31 Å². The molecule has 0 radical (unpaired) electrons. The highest BCUT2D eigenvalue weighted by Gasteiger charge is 2.30. The zero-order valence-electron chi connectivity index (χ0n) is 13.6. The van der Waals surface area contributed by atoms with E-state index >= 15 is 0 Å². The van der Waals surface area contributed by atoms with Crippen molar-refractivity contribution < 1.29 is 17.6 Å². The number of rotatable bonds is 4. The zero-order valence-corrected chi connectivity index (χ0v) is 16.9. The summed E-state index contributed by atoms with van der Waals surface area (Å²) in [5.74, 6) is -0.580. The highest BCUT2D eigenvalue weighted by Crippen LogP contribution is 2.28. The molecule has 2 aromatic rings. The van der Waals surface area contributed by atoms with Crippen LogP contribution in [0.15, 0.2) is 50.5 Å². The van der Waals surface area contributed by atoms with Gasteiger partial charge in [-0.1, -0.05) is 12.1 Å². The third-order valence-electron chi connectivity index (χ3n) is 3.96. The number of benzene rings is 1. The van der Waals surface area contributed by atoms with Crippen LogP contribution in [-0.2, 0) is 14.8 Å². The maximum absolute atomic E-state index is 13.1. The van der Waals surface area contributed by atoms with Crippen LogP contribution in [-0.4, -0.2) is 49.7 Å². The summed E-state index contributed by atoms with van der Waals surface area (Å²) in [4.78, 5) is 13.8. The fourth-order valence-electron chi connectivity index (χ4n) is 2.60. The van der Waals surface area contributed by atoms with E-state index in [1.165, 1.54) is 33.9 Å². The lowest BCUT2D eigenvalue weighted by atomic mass is 10.2. The molecule has 1 aromatic carbocycles. The largest absolute Gasteiger partial charge is 0.337 e. The molecular formula is C17H16BrFN2O3S2. The average Bonchev–Trinajstić information content (AvgIpc) is 3.07. The summed E-state index contributed by atoms with van der Waals surface area (Å²) in [6.45, 7) is 1.13. The van der Waals surface area contributed by atoms with Crippen LogP contribution in [0.25, 0.3) is 6.08 Å². The van der Waals surface area contributed by atoms with E-state index in [0.717, 1.165) is 3.79 Å². The van der Waals surface area contributed by atoms with Gasteiger partial charge in [-0.15, -0.1) is 11.3 Å². The number of thiophene rings is 1. The van der Waals surface area contributed by atoms with Crippen molar-refractivity contribution in [3.63, 3.8) is 0 Å². The van der Waals surface area contributed by atoms with Crippen molar-refractivity contribution in [1.29, 1.82) is 0 Å². The number of halogens is 2. The zero-order chi connectivity index (χ0) is 18.7. The lowest BCUT2D eigenvalue weighted by molar-refractivity contribution is -0.127. The SMILES string of the molecule is O=C(/C=C/c1cccc(F)c1)N1CCN(S(=O)(=O)c2ccc(Br)s2)CC1. The second-order valence-electron chi connectivity index (χ2n) is 5.68. The van der Waals surface area contributed by atoms with Gasteiger partial charge in [0.05, 0.1) is 3.79 Å². The highest BCUT2D eigenvalue weighted by atomic mass is 79.9. The van der Waals surface area contributed by atoms with Gasteiger partial charge in [0.1, 0.15) is 10.0 Å². The van der Waals surface area contributed by atoms with Gasteiger partial charge in [-0.05, 0) is 51.8 Å². The molecule has 3 rings (SSSR count). The van der Waals surface area contributed by atoms with E-state index in [0.29, 0.717) is 18.7 Å². The van der Waals surface area contributed by atoms with Crippen LogP contribution in [0.2, 0.25) is 0 Å². The number of piperazine rings is 1. The van der Waals surface area contributed by atoms with E-state index in [4.69, 9.17) is 0 Å². The van der Waals surface area contributed by atoms with Crippen molar-refractivity contribution in [1.82, 2.24) is 9.21 Å². The first-order valence-corrected chi connectivity index (χ1v) is 10.9. The first kappa shape index (κ1) is 19.2. The van der Waals surface area contributed by atoms with Crippen molar-refractivity contribution in [3.8, 4) is 0 Å². The van der Waals surface area contributed by atoms with Gasteiger partial charge in [0.15, 0.2) is 0 Å². The van der Waals surface area contributed by atoms with Crippen LogP contribution in [0.4, 0.5) is 4.39 Å². The number of carbonyl (C=O) groups excluding carboxylic acids is 1. The molecule has 1 amide bonds. The minimum Gasteiger partial charge on any atom is -0.337 e. The number of hydrogen-bond donors (Lipinski definition) is 0. The summed E-state index contributed by atoms with van der Waals surface area (Å²) in [5, 5.41) is 0. The molecule has 0 saturated carbocycles. The first-order valence-electron chi connectivity index (χ1n) is 7.84. The Morgan fingerprint density at radius 3 is 2.50 bits per heavy atom. The Hall–Kier alpha value is -1.55. The predicted molar refractivity (Wildman–Crippen MR) is 103 cm³/mol. The van der Waals surface area contributed by atoms with Crippen molar-refractivity contribution >= 4 is 49.3 Å². The summed E-state index contributed by atoms with van der Waals surface area (Å²) >= 11 is 4.44. The van der Waals surface area contributed by atoms with Crippen molar-refractivity contribution in [2.45, 2.75) is 4.21 Å². The second-order valence-corrected chi connectivity index (χ2v) is 10.3. The molecule has 0 bridgehead atoms. The fourth-order valence-corrected chi connectivity index (χ4v) is 6.18. The molecule has 26 heavy (non-hydrogen) atoms. The molecule has 1 aliphatic heterocycles. The Bertz CT molecular complexity index is 935. The van der Waals surface area contributed by atoms with Gasteiger partial charge in [0.2, 0.25) is 5.91 Å². The lowest BCUT2D eigenvalue weighted by Gasteiger charge is -2.33. The van der Waals surface area contributed by atoms with E-state index < -0.39 is 10.0 Å². The van der Waals surface area contributed by atoms with Crippen LogP contribution in [0.1, 0.15) is 5.56 Å². The first-order chi connectivity index (χ1) is 12.4. The van der Waals surface area contributed by atoms with Gasteiger partial charge < -0.3 is 4.90 Å². The van der Waals surface area contributed by atoms with Gasteiger partial charge >= 0.3 is 0 Å². The third kappa shape index (κ3) is 4.40. The molecule has 0 spiro atoms. The minimum atomic E-state index is -3.53. The van der Waals surface area contributed by atoms with Gasteiger partial charge in [0, 0.05) is 32.3 Å². The second kappa shape index (κ2) is 7.99. The third-order valence-corrected chi connectivity index (χ3v) is 7.95. The Kier molecular flexibility index (Phi) is 5.91. The molecule has 138 valence electrons. The van der Waals surface area contributed by atoms with Crippen molar-refractivity contribution in [2.75, 3.05) is 26.2 Å². The lowest BCUT2D eigenvalue weighted by Crippen LogP contribution is -2.50. The van der Waals surface area contributed by atoms with Gasteiger partial charge in [-0.3, -0.25) is 4.79 Å². The molecule has 2 heterocycles. The van der Waals surface area contributed by atoms with E-state index in [1.54, 1.807) is 35.2 Å². The molecule has 1 aliphatic rings. The normalized spacial score (nSPS) is 16.3. The minimum absolute atomic E-state index is 0.217. The van der Waals surface area contributed by atoms with Gasteiger partial charge in [0.25, 0.3) is 10.0 Å². The quantitative estimate of drug-likeness (QED) is 0.660. The number of carbonyl (C=O) groups is 1. The van der Waals surface area contributed by atoms with E-state index in [1.807, 2.05) is 0 Å². The number of amides is 1. The summed E-state index contributed by atoms with van der Waals surface area (Å²) in [6.07, 6.45) is 2.94. The molecule has 1 saturated heterocycles. The monoisotopic (exact) mass is 458 g/mol. The van der Waals surface area contributed by atoms with Crippen LogP contribution < -0.4 is 0 Å². The number of hydrogen-bond acceptors (Lipinski definition) is 4. The van der Waals surface area contributed by atoms with Crippen LogP contribution in [0, 0.1) is 5.82 Å². The molecular weight excluding hydrogens is 443 g/mol. The Labute approximate surface area is 163 Å². The molecule has 0 unspecified atom stereocenters. The fraction of sp³-hybridized carbons (Fsp3) is 0.235. The summed E-state index contributed by atoms with van der Waals surface area (Å²) in [6, 6.07) is 9.23. The summed E-state index contributed by atoms with van der Waals surface area (Å²) in [5.41, 5.74) is 0.600. The molecule has 5 nitrogen and oxygen atoms in total.